The van der Waals surface area contributed by atoms with E-state index in [9.17, 15) is 34.5 Å². The maximum atomic E-state index is 14.6. The lowest BCUT2D eigenvalue weighted by Crippen LogP contribution is -2.59. The average molecular weight is 697 g/mol. The van der Waals surface area contributed by atoms with Gasteiger partial charge in [0.1, 0.15) is 11.4 Å². The van der Waals surface area contributed by atoms with Gasteiger partial charge in [-0.2, -0.15) is 0 Å². The van der Waals surface area contributed by atoms with Crippen molar-refractivity contribution >= 4 is 23.3 Å². The van der Waals surface area contributed by atoms with Gasteiger partial charge in [0.2, 0.25) is 0 Å². The molecular formula is C41H60O9. The summed E-state index contributed by atoms with van der Waals surface area (Å²) in [5.74, 6) is -4.06. The number of ketones is 3. The van der Waals surface area contributed by atoms with Crippen LogP contribution in [0.3, 0.4) is 0 Å². The van der Waals surface area contributed by atoms with Crippen LogP contribution in [0.4, 0.5) is 0 Å². The van der Waals surface area contributed by atoms with Crippen molar-refractivity contribution in [3.63, 3.8) is 0 Å². The van der Waals surface area contributed by atoms with Crippen LogP contribution in [-0.4, -0.2) is 75.3 Å². The molecule has 2 aliphatic heterocycles. The Morgan fingerprint density at radius 3 is 2.28 bits per heavy atom. The lowest BCUT2D eigenvalue weighted by Gasteiger charge is -2.50. The predicted molar refractivity (Wildman–Crippen MR) is 191 cm³/mol. The van der Waals surface area contributed by atoms with E-state index in [0.29, 0.717) is 49.7 Å². The minimum absolute atomic E-state index is 0.00490. The number of methoxy groups -OCH3 is 1. The van der Waals surface area contributed by atoms with E-state index in [1.165, 1.54) is 7.11 Å². The Balaban J connectivity index is 2.00. The van der Waals surface area contributed by atoms with Gasteiger partial charge in [-0.25, -0.2) is 0 Å². The van der Waals surface area contributed by atoms with E-state index in [2.05, 4.69) is 0 Å². The number of Topliss-reactive ketones (excluding diaryl/α,β-unsaturated/α-hetero) is 2. The van der Waals surface area contributed by atoms with Crippen LogP contribution in [0.5, 0.6) is 0 Å². The molecule has 0 unspecified atom stereocenters. The first kappa shape index (κ1) is 40.1. The Bertz CT molecular complexity index is 1470. The third-order valence-corrected chi connectivity index (χ3v) is 12.4. The van der Waals surface area contributed by atoms with Crippen molar-refractivity contribution in [1.82, 2.24) is 0 Å². The molecule has 0 aromatic heterocycles. The van der Waals surface area contributed by atoms with Gasteiger partial charge in [-0.05, 0) is 110 Å². The fourth-order valence-electron chi connectivity index (χ4n) is 8.79. The monoisotopic (exact) mass is 696 g/mol. The van der Waals surface area contributed by atoms with Gasteiger partial charge >= 0.3 is 5.97 Å². The Labute approximate surface area is 298 Å². The number of rotatable bonds is 2. The topological polar surface area (TPSA) is 147 Å². The Morgan fingerprint density at radius 2 is 1.64 bits per heavy atom. The highest BCUT2D eigenvalue weighted by Gasteiger charge is 2.60. The molecule has 2 bridgehead atoms. The Kier molecular flexibility index (Phi) is 12.4. The number of carbonyl (C=O) groups is 4. The third kappa shape index (κ3) is 8.01. The first-order chi connectivity index (χ1) is 23.3. The standard InChI is InChI=1S/C41H60O9/c1-23(2)28-20-32(42)26(5)12-10-11-24(3)18-33(43)31-19-27(6)29-21-35(45)40(8,48)37-15-16-39(7,47)36(50-37)14-13-25(4)17-30(29)41(31,22-34(28)44)38(46)49-9/h12,17-18,23,28,30-31,35-37,45,47-48H,10-11,13-16,19-22H2,1-9H3/b24-18?,25-17+,26-12+/t28-,30-,31+,35-,36-,37+,39+,40-,41-/m0/s1. The van der Waals surface area contributed by atoms with Crippen LogP contribution >= 0.6 is 0 Å². The van der Waals surface area contributed by atoms with Crippen LogP contribution in [-0.2, 0) is 28.7 Å². The van der Waals surface area contributed by atoms with Crippen molar-refractivity contribution in [3.05, 3.63) is 46.1 Å². The molecule has 4 aliphatic rings. The SMILES string of the molecule is COC(=O)[C@]12CC(=O)[C@H](C(C)C)CC(=O)/C(C)=C/CCC(C)=CC(=O)[C@H]1CC(C)=C1C[C@H](O)[C@](C)(O)[C@H]3CC[C@@](C)(O)[C@H](CC/C(C)=C/[C@@H]12)O3. The van der Waals surface area contributed by atoms with Crippen LogP contribution in [0.2, 0.25) is 0 Å². The molecule has 0 radical (unpaired) electrons. The number of carbonyl (C=O) groups excluding carboxylic acids is 4. The summed E-state index contributed by atoms with van der Waals surface area (Å²) < 4.78 is 11.9. The highest BCUT2D eigenvalue weighted by Crippen LogP contribution is 2.55. The molecule has 1 saturated heterocycles. The number of aliphatic hydroxyl groups excluding tert-OH is 1. The van der Waals surface area contributed by atoms with Crippen LogP contribution in [0, 0.1) is 29.1 Å². The molecule has 278 valence electrons. The quantitative estimate of drug-likeness (QED) is 0.231. The number of aliphatic hydroxyl groups is 3. The number of hydrogen-bond acceptors (Lipinski definition) is 9. The highest BCUT2D eigenvalue weighted by molar-refractivity contribution is 6.02. The van der Waals surface area contributed by atoms with Crippen molar-refractivity contribution in [2.24, 2.45) is 29.1 Å². The zero-order valence-electron chi connectivity index (χ0n) is 31.6. The van der Waals surface area contributed by atoms with Crippen molar-refractivity contribution in [1.29, 1.82) is 0 Å². The summed E-state index contributed by atoms with van der Waals surface area (Å²) in [5, 5.41) is 34.9. The first-order valence-electron chi connectivity index (χ1n) is 18.4. The van der Waals surface area contributed by atoms with Crippen molar-refractivity contribution in [2.45, 2.75) is 149 Å². The van der Waals surface area contributed by atoms with E-state index in [0.717, 1.165) is 16.7 Å². The van der Waals surface area contributed by atoms with E-state index in [4.69, 9.17) is 9.47 Å². The molecule has 9 heteroatoms. The minimum Gasteiger partial charge on any atom is -0.469 e. The van der Waals surface area contributed by atoms with Gasteiger partial charge in [-0.15, -0.1) is 0 Å². The van der Waals surface area contributed by atoms with Crippen LogP contribution in [0.15, 0.2) is 46.1 Å². The van der Waals surface area contributed by atoms with Crippen molar-refractivity contribution in [2.75, 3.05) is 7.11 Å². The molecule has 50 heavy (non-hydrogen) atoms. The second-order valence-electron chi connectivity index (χ2n) is 16.5. The fourth-order valence-corrected chi connectivity index (χ4v) is 8.79. The van der Waals surface area contributed by atoms with Gasteiger partial charge in [0.25, 0.3) is 0 Å². The van der Waals surface area contributed by atoms with E-state index in [1.54, 1.807) is 26.8 Å². The first-order valence-corrected chi connectivity index (χ1v) is 18.4. The summed E-state index contributed by atoms with van der Waals surface area (Å²) in [6, 6.07) is 0. The lowest BCUT2D eigenvalue weighted by atomic mass is 9.53. The summed E-state index contributed by atoms with van der Waals surface area (Å²) in [5.41, 5.74) is -0.799. The summed E-state index contributed by atoms with van der Waals surface area (Å²) in [7, 11) is 1.27. The molecule has 2 aliphatic carbocycles. The van der Waals surface area contributed by atoms with Gasteiger partial charge in [0.05, 0.1) is 36.4 Å². The molecule has 1 fully saturated rings. The van der Waals surface area contributed by atoms with E-state index in [1.807, 2.05) is 46.8 Å². The molecule has 0 amide bonds. The van der Waals surface area contributed by atoms with E-state index in [-0.39, 0.29) is 49.0 Å². The number of esters is 1. The Hall–Kier alpha value is -2.72. The van der Waals surface area contributed by atoms with Gasteiger partial charge in [-0.3, -0.25) is 19.2 Å². The van der Waals surface area contributed by atoms with E-state index < -0.39 is 58.7 Å². The molecule has 0 spiro atoms. The molecular weight excluding hydrogens is 636 g/mol. The molecule has 0 saturated carbocycles. The average Bonchev–Trinajstić information content (AvgIpc) is 3.03. The normalized spacial score (nSPS) is 40.5. The van der Waals surface area contributed by atoms with Gasteiger partial charge in [-0.1, -0.05) is 48.3 Å². The third-order valence-electron chi connectivity index (χ3n) is 12.4. The smallest absolute Gasteiger partial charge is 0.313 e. The van der Waals surface area contributed by atoms with Crippen LogP contribution < -0.4 is 0 Å². The zero-order chi connectivity index (χ0) is 37.3. The molecule has 9 atom stereocenters. The van der Waals surface area contributed by atoms with E-state index >= 15 is 0 Å². The summed E-state index contributed by atoms with van der Waals surface area (Å²) >= 11 is 0. The van der Waals surface area contributed by atoms with Gasteiger partial charge in [0.15, 0.2) is 11.6 Å². The predicted octanol–water partition coefficient (Wildman–Crippen LogP) is 6.09. The van der Waals surface area contributed by atoms with Gasteiger partial charge < -0.3 is 24.8 Å². The minimum atomic E-state index is -1.71. The molecule has 4 rings (SSSR count). The zero-order valence-corrected chi connectivity index (χ0v) is 31.6. The molecule has 9 nitrogen and oxygen atoms in total. The number of hydrogen-bond donors (Lipinski definition) is 3. The Morgan fingerprint density at radius 1 is 0.960 bits per heavy atom. The lowest BCUT2D eigenvalue weighted by molar-refractivity contribution is -0.234. The largest absolute Gasteiger partial charge is 0.469 e. The van der Waals surface area contributed by atoms with Crippen molar-refractivity contribution in [3.8, 4) is 0 Å². The molecule has 0 aromatic rings. The van der Waals surface area contributed by atoms with Crippen molar-refractivity contribution < 1.29 is 44.0 Å². The summed E-state index contributed by atoms with van der Waals surface area (Å²) in [4.78, 5) is 57.1. The number of allylic oxidation sites excluding steroid dienone is 7. The molecule has 2 heterocycles. The maximum Gasteiger partial charge on any atom is 0.313 e. The molecule has 3 N–H and O–H groups in total. The van der Waals surface area contributed by atoms with Crippen LogP contribution in [0.25, 0.3) is 0 Å². The summed E-state index contributed by atoms with van der Waals surface area (Å²) in [6.07, 6.45) is 5.25. The highest BCUT2D eigenvalue weighted by atomic mass is 16.5. The summed E-state index contributed by atoms with van der Waals surface area (Å²) in [6.45, 7) is 14.5. The molecule has 0 aromatic carbocycles. The number of fused-ring (bicyclic) bond motifs is 5. The number of ether oxygens (including phenoxy) is 2. The maximum absolute atomic E-state index is 14.6. The van der Waals surface area contributed by atoms with Crippen LogP contribution in [0.1, 0.15) is 120 Å². The second kappa shape index (κ2) is 15.5. The second-order valence-corrected chi connectivity index (χ2v) is 16.5. The van der Waals surface area contributed by atoms with Gasteiger partial charge in [0, 0.05) is 30.6 Å². The fraction of sp³-hybridized carbons (Fsp3) is 0.707.